The van der Waals surface area contributed by atoms with E-state index in [0.717, 1.165) is 0 Å². The summed E-state index contributed by atoms with van der Waals surface area (Å²) in [6.45, 7) is 0. The van der Waals surface area contributed by atoms with Gasteiger partial charge in [-0.05, 0) is 24.3 Å². The van der Waals surface area contributed by atoms with Crippen LogP contribution in [0.15, 0.2) is 36.5 Å². The van der Waals surface area contributed by atoms with Gasteiger partial charge >= 0.3 is 5.97 Å². The van der Waals surface area contributed by atoms with Crippen molar-refractivity contribution in [1.29, 1.82) is 0 Å². The fraction of sp³-hybridized carbons (Fsp3) is 0.0625. The normalized spacial score (nSPS) is 10.6. The molecule has 0 aliphatic heterocycles. The first-order valence-corrected chi connectivity index (χ1v) is 6.89. The molecule has 0 amide bonds. The van der Waals surface area contributed by atoms with E-state index in [4.69, 9.17) is 10.5 Å². The van der Waals surface area contributed by atoms with Gasteiger partial charge in [0.05, 0.1) is 29.8 Å². The lowest BCUT2D eigenvalue weighted by atomic mass is 10.1. The van der Waals surface area contributed by atoms with E-state index in [1.165, 1.54) is 31.5 Å². The first-order chi connectivity index (χ1) is 11.5. The molecule has 2 aromatic heterocycles. The molecule has 2 heterocycles. The highest BCUT2D eigenvalue weighted by Crippen LogP contribution is 2.33. The monoisotopic (exact) mass is 328 g/mol. The number of nitrogens with two attached hydrogens (primary N) is 1. The fourth-order valence-corrected chi connectivity index (χ4v) is 2.36. The lowest BCUT2D eigenvalue weighted by Gasteiger charge is -2.07. The van der Waals surface area contributed by atoms with Gasteiger partial charge in [-0.15, -0.1) is 0 Å². The molecule has 3 aromatic rings. The Labute approximate surface area is 135 Å². The van der Waals surface area contributed by atoms with E-state index in [1.54, 1.807) is 12.1 Å². The number of carbonyl (C=O) groups is 1. The topological polar surface area (TPSA) is 114 Å². The van der Waals surface area contributed by atoms with Gasteiger partial charge in [-0.25, -0.2) is 19.2 Å². The van der Waals surface area contributed by atoms with Crippen molar-refractivity contribution in [3.63, 3.8) is 0 Å². The van der Waals surface area contributed by atoms with Crippen molar-refractivity contribution < 1.29 is 19.0 Å². The number of nitrogen functional groups attached to an aromatic ring is 1. The molecule has 0 radical (unpaired) electrons. The Hall–Kier alpha value is -3.42. The molecule has 0 aliphatic carbocycles. The number of aromatic carboxylic acids is 1. The second kappa shape index (κ2) is 5.99. The summed E-state index contributed by atoms with van der Waals surface area (Å²) in [5.41, 5.74) is 6.45. The van der Waals surface area contributed by atoms with Crippen LogP contribution in [0.4, 0.5) is 10.3 Å². The number of aromatic amines is 1. The van der Waals surface area contributed by atoms with Gasteiger partial charge in [0.2, 0.25) is 5.95 Å². The molecule has 24 heavy (non-hydrogen) atoms. The fourth-order valence-electron chi connectivity index (χ4n) is 2.36. The van der Waals surface area contributed by atoms with Crippen LogP contribution < -0.4 is 10.5 Å². The first kappa shape index (κ1) is 15.5. The molecule has 0 bridgehead atoms. The summed E-state index contributed by atoms with van der Waals surface area (Å²) >= 11 is 0. The number of halogens is 1. The standard InChI is InChI=1S/C16H13FN4O3/c1-24-12-4-2-3-8(13(12)17)14-9(15(22)23)7-11(20-14)10-5-6-19-16(18)21-10/h2-7,20H,1H3,(H,22,23)(H2,18,19,21). The predicted octanol–water partition coefficient (Wildman–Crippen LogP) is 2.57. The highest BCUT2D eigenvalue weighted by Gasteiger charge is 2.21. The largest absolute Gasteiger partial charge is 0.494 e. The summed E-state index contributed by atoms with van der Waals surface area (Å²) in [5.74, 6) is -1.78. The zero-order chi connectivity index (χ0) is 17.3. The van der Waals surface area contributed by atoms with Crippen LogP contribution in [0, 0.1) is 5.82 Å². The number of anilines is 1. The zero-order valence-corrected chi connectivity index (χ0v) is 12.6. The van der Waals surface area contributed by atoms with Crippen LogP contribution >= 0.6 is 0 Å². The highest BCUT2D eigenvalue weighted by atomic mass is 19.1. The van der Waals surface area contributed by atoms with Gasteiger partial charge in [0.25, 0.3) is 0 Å². The number of nitrogens with one attached hydrogen (secondary N) is 1. The van der Waals surface area contributed by atoms with Crippen LogP contribution in [-0.4, -0.2) is 33.1 Å². The molecule has 1 aromatic carbocycles. The number of H-pyrrole nitrogens is 1. The van der Waals surface area contributed by atoms with E-state index in [9.17, 15) is 14.3 Å². The SMILES string of the molecule is COc1cccc(-c2[nH]c(-c3ccnc(N)n3)cc2C(=O)O)c1F. The van der Waals surface area contributed by atoms with Crippen LogP contribution in [0.1, 0.15) is 10.4 Å². The second-order valence-corrected chi connectivity index (χ2v) is 4.90. The maximum Gasteiger partial charge on any atom is 0.337 e. The van der Waals surface area contributed by atoms with Crippen molar-refractivity contribution in [3.05, 3.63) is 47.9 Å². The molecule has 4 N–H and O–H groups in total. The number of carboxylic acid groups (broad SMARTS) is 1. The maximum atomic E-state index is 14.5. The summed E-state index contributed by atoms with van der Waals surface area (Å²) in [6.07, 6.45) is 1.45. The number of hydrogen-bond donors (Lipinski definition) is 3. The zero-order valence-electron chi connectivity index (χ0n) is 12.6. The number of aromatic nitrogens is 3. The molecule has 0 atom stereocenters. The molecule has 7 nitrogen and oxygen atoms in total. The van der Waals surface area contributed by atoms with Crippen molar-refractivity contribution in [2.75, 3.05) is 12.8 Å². The van der Waals surface area contributed by atoms with Crippen LogP contribution in [-0.2, 0) is 0 Å². The van der Waals surface area contributed by atoms with E-state index < -0.39 is 11.8 Å². The van der Waals surface area contributed by atoms with Crippen LogP contribution in [0.25, 0.3) is 22.6 Å². The van der Waals surface area contributed by atoms with Gasteiger partial charge in [-0.3, -0.25) is 0 Å². The minimum absolute atomic E-state index is 0.0197. The quantitative estimate of drug-likeness (QED) is 0.678. The van der Waals surface area contributed by atoms with E-state index in [0.29, 0.717) is 11.4 Å². The Morgan fingerprint density at radius 1 is 1.38 bits per heavy atom. The predicted molar refractivity (Wildman–Crippen MR) is 85.1 cm³/mol. The van der Waals surface area contributed by atoms with Gasteiger partial charge in [0.1, 0.15) is 0 Å². The molecule has 0 unspecified atom stereocenters. The number of carboxylic acids is 1. The molecule has 0 spiro atoms. The molecule has 122 valence electrons. The molecular formula is C16H13FN4O3. The van der Waals surface area contributed by atoms with Gasteiger partial charge in [-0.2, -0.15) is 0 Å². The summed E-state index contributed by atoms with van der Waals surface area (Å²) in [5, 5.41) is 9.43. The summed E-state index contributed by atoms with van der Waals surface area (Å²) < 4.78 is 19.4. The van der Waals surface area contributed by atoms with Crippen LogP contribution in [0.2, 0.25) is 0 Å². The molecule has 0 aliphatic rings. The Morgan fingerprint density at radius 2 is 2.17 bits per heavy atom. The number of methoxy groups -OCH3 is 1. The maximum absolute atomic E-state index is 14.5. The van der Waals surface area contributed by atoms with Crippen molar-refractivity contribution in [2.45, 2.75) is 0 Å². The van der Waals surface area contributed by atoms with E-state index in [2.05, 4.69) is 15.0 Å². The molecule has 0 fully saturated rings. The third-order valence-corrected chi connectivity index (χ3v) is 3.45. The summed E-state index contributed by atoms with van der Waals surface area (Å²) in [4.78, 5) is 22.2. The minimum atomic E-state index is -1.20. The Bertz CT molecular complexity index is 923. The highest BCUT2D eigenvalue weighted by molar-refractivity contribution is 5.97. The van der Waals surface area contributed by atoms with Crippen molar-refractivity contribution in [2.24, 2.45) is 0 Å². The third-order valence-electron chi connectivity index (χ3n) is 3.45. The van der Waals surface area contributed by atoms with Gasteiger partial charge in [-0.1, -0.05) is 6.07 Å². The third kappa shape index (κ3) is 2.65. The number of rotatable bonds is 4. The van der Waals surface area contributed by atoms with Gasteiger partial charge in [0, 0.05) is 11.8 Å². The van der Waals surface area contributed by atoms with Crippen LogP contribution in [0.5, 0.6) is 5.75 Å². The smallest absolute Gasteiger partial charge is 0.337 e. The van der Waals surface area contributed by atoms with E-state index in [1.807, 2.05) is 0 Å². The number of nitrogens with zero attached hydrogens (tertiary/aromatic N) is 2. The average molecular weight is 328 g/mol. The number of hydrogen-bond acceptors (Lipinski definition) is 5. The summed E-state index contributed by atoms with van der Waals surface area (Å²) in [6, 6.07) is 7.44. The van der Waals surface area contributed by atoms with Gasteiger partial charge < -0.3 is 20.6 Å². The first-order valence-electron chi connectivity index (χ1n) is 6.89. The van der Waals surface area contributed by atoms with Crippen LogP contribution in [0.3, 0.4) is 0 Å². The molecule has 8 heteroatoms. The molecule has 3 rings (SSSR count). The molecule has 0 saturated heterocycles. The molecular weight excluding hydrogens is 315 g/mol. The Kier molecular flexibility index (Phi) is 3.87. The molecule has 0 saturated carbocycles. The van der Waals surface area contributed by atoms with E-state index in [-0.39, 0.29) is 28.5 Å². The number of ether oxygens (including phenoxy) is 1. The second-order valence-electron chi connectivity index (χ2n) is 4.90. The Morgan fingerprint density at radius 3 is 2.83 bits per heavy atom. The summed E-state index contributed by atoms with van der Waals surface area (Å²) in [7, 11) is 1.34. The van der Waals surface area contributed by atoms with Crippen molar-refractivity contribution >= 4 is 11.9 Å². The van der Waals surface area contributed by atoms with Crippen molar-refractivity contribution in [3.8, 4) is 28.4 Å². The van der Waals surface area contributed by atoms with Crippen molar-refractivity contribution in [1.82, 2.24) is 15.0 Å². The lowest BCUT2D eigenvalue weighted by Crippen LogP contribution is -1.99. The van der Waals surface area contributed by atoms with Gasteiger partial charge in [0.15, 0.2) is 11.6 Å². The number of benzene rings is 1. The minimum Gasteiger partial charge on any atom is -0.494 e. The average Bonchev–Trinajstić information content (AvgIpc) is 3.00. The van der Waals surface area contributed by atoms with E-state index >= 15 is 0 Å². The lowest BCUT2D eigenvalue weighted by molar-refractivity contribution is 0.0698. The Balaban J connectivity index is 2.20.